The fourth-order valence-corrected chi connectivity index (χ4v) is 1.92. The van der Waals surface area contributed by atoms with Crippen LogP contribution in [0.4, 0.5) is 5.69 Å². The first-order valence-corrected chi connectivity index (χ1v) is 6.62. The minimum Gasteiger partial charge on any atom is -0.477 e. The number of benzene rings is 1. The number of carbonyl (C=O) groups is 1. The molecule has 5 nitrogen and oxygen atoms in total. The van der Waals surface area contributed by atoms with Crippen LogP contribution in [0.3, 0.4) is 0 Å². The van der Waals surface area contributed by atoms with E-state index in [0.717, 1.165) is 0 Å². The average molecular weight is 302 g/mol. The summed E-state index contributed by atoms with van der Waals surface area (Å²) < 4.78 is 5.32. The van der Waals surface area contributed by atoms with Gasteiger partial charge in [-0.1, -0.05) is 11.6 Å². The van der Waals surface area contributed by atoms with Crippen molar-refractivity contribution in [2.45, 2.75) is 6.92 Å². The zero-order valence-electron chi connectivity index (χ0n) is 11.3. The summed E-state index contributed by atoms with van der Waals surface area (Å²) in [5, 5.41) is 11.8. The predicted octanol–water partition coefficient (Wildman–Crippen LogP) is 3.26. The molecule has 106 valence electrons. The average Bonchev–Trinajstić information content (AvgIpc) is 2.48. The lowest BCUT2D eigenvalue weighted by Crippen LogP contribution is -2.14. The summed E-state index contributed by atoms with van der Waals surface area (Å²) in [6.07, 6.45) is 1.56. The largest absolute Gasteiger partial charge is 0.477 e. The fraction of sp³-hybridized carbons (Fsp3) is 0.133. The highest BCUT2D eigenvalue weighted by Gasteiger charge is 2.14. The Morgan fingerprint density at radius 3 is 2.95 bits per heavy atom. The van der Waals surface area contributed by atoms with Crippen LogP contribution in [-0.2, 0) is 0 Å². The molecule has 0 spiro atoms. The number of nitrogens with one attached hydrogen (secondary N) is 1. The van der Waals surface area contributed by atoms with Gasteiger partial charge in [0, 0.05) is 11.9 Å². The van der Waals surface area contributed by atoms with Gasteiger partial charge in [0.05, 0.1) is 17.2 Å². The van der Waals surface area contributed by atoms with Gasteiger partial charge in [0.15, 0.2) is 0 Å². The molecular formula is C15H12ClN3O2. The van der Waals surface area contributed by atoms with Gasteiger partial charge in [0.1, 0.15) is 11.6 Å². The highest BCUT2D eigenvalue weighted by atomic mass is 35.5. The van der Waals surface area contributed by atoms with E-state index in [-0.39, 0.29) is 16.8 Å². The molecule has 0 fully saturated rings. The van der Waals surface area contributed by atoms with Crippen LogP contribution in [0.5, 0.6) is 5.88 Å². The SMILES string of the molecule is CCOc1ncccc1C(=O)Nc1ccc(C#N)c(Cl)c1. The number of nitrogens with zero attached hydrogens (tertiary/aromatic N) is 2. The quantitative estimate of drug-likeness (QED) is 0.940. The molecule has 0 saturated heterocycles. The van der Waals surface area contributed by atoms with Crippen molar-refractivity contribution < 1.29 is 9.53 Å². The third kappa shape index (κ3) is 3.50. The molecule has 1 amide bonds. The van der Waals surface area contributed by atoms with Crippen molar-refractivity contribution in [3.8, 4) is 11.9 Å². The van der Waals surface area contributed by atoms with Gasteiger partial charge in [-0.3, -0.25) is 4.79 Å². The van der Waals surface area contributed by atoms with Gasteiger partial charge in [0.2, 0.25) is 5.88 Å². The number of anilines is 1. The Balaban J connectivity index is 2.22. The lowest BCUT2D eigenvalue weighted by molar-refractivity contribution is 0.102. The minimum absolute atomic E-state index is 0.275. The summed E-state index contributed by atoms with van der Waals surface area (Å²) in [5.41, 5.74) is 1.18. The Morgan fingerprint density at radius 2 is 2.29 bits per heavy atom. The Bertz CT molecular complexity index is 710. The van der Waals surface area contributed by atoms with Crippen LogP contribution >= 0.6 is 11.6 Å². The fourth-order valence-electron chi connectivity index (χ4n) is 1.70. The molecular weight excluding hydrogens is 290 g/mol. The van der Waals surface area contributed by atoms with Crippen molar-refractivity contribution in [1.82, 2.24) is 4.98 Å². The first kappa shape index (κ1) is 14.8. The van der Waals surface area contributed by atoms with Crippen molar-refractivity contribution in [1.29, 1.82) is 5.26 Å². The zero-order valence-corrected chi connectivity index (χ0v) is 12.0. The molecule has 0 bridgehead atoms. The molecule has 0 aliphatic carbocycles. The molecule has 1 aromatic heterocycles. The summed E-state index contributed by atoms with van der Waals surface area (Å²) in [4.78, 5) is 16.3. The second-order valence-electron chi connectivity index (χ2n) is 4.05. The molecule has 0 unspecified atom stereocenters. The lowest BCUT2D eigenvalue weighted by atomic mass is 10.2. The molecule has 0 aliphatic heterocycles. The van der Waals surface area contributed by atoms with Crippen LogP contribution < -0.4 is 10.1 Å². The highest BCUT2D eigenvalue weighted by molar-refractivity contribution is 6.32. The second-order valence-corrected chi connectivity index (χ2v) is 4.46. The molecule has 1 N–H and O–H groups in total. The number of hydrogen-bond acceptors (Lipinski definition) is 4. The number of carbonyl (C=O) groups excluding carboxylic acids is 1. The maximum atomic E-state index is 12.2. The van der Waals surface area contributed by atoms with E-state index >= 15 is 0 Å². The van der Waals surface area contributed by atoms with E-state index in [2.05, 4.69) is 10.3 Å². The standard InChI is InChI=1S/C15H12ClN3O2/c1-2-21-15-12(4-3-7-18-15)14(20)19-11-6-5-10(9-17)13(16)8-11/h3-8H,2H2,1H3,(H,19,20). The molecule has 0 saturated carbocycles. The number of hydrogen-bond donors (Lipinski definition) is 1. The number of aromatic nitrogens is 1. The Kier molecular flexibility index (Phi) is 4.75. The maximum Gasteiger partial charge on any atom is 0.261 e. The molecule has 1 aromatic carbocycles. The van der Waals surface area contributed by atoms with E-state index in [9.17, 15) is 4.79 Å². The summed E-state index contributed by atoms with van der Waals surface area (Å²) in [7, 11) is 0. The van der Waals surface area contributed by atoms with Crippen molar-refractivity contribution in [2.75, 3.05) is 11.9 Å². The summed E-state index contributed by atoms with van der Waals surface area (Å²) in [5.74, 6) is -0.0791. The van der Waals surface area contributed by atoms with Crippen molar-refractivity contribution in [3.05, 3.63) is 52.7 Å². The van der Waals surface area contributed by atoms with Gasteiger partial charge in [-0.25, -0.2) is 4.98 Å². The molecule has 2 rings (SSSR count). The second kappa shape index (κ2) is 6.73. The summed E-state index contributed by atoms with van der Waals surface area (Å²) >= 11 is 5.93. The molecule has 0 radical (unpaired) electrons. The van der Waals surface area contributed by atoms with Crippen molar-refractivity contribution in [3.63, 3.8) is 0 Å². The number of amides is 1. The zero-order chi connectivity index (χ0) is 15.2. The van der Waals surface area contributed by atoms with E-state index in [0.29, 0.717) is 23.4 Å². The number of nitriles is 1. The van der Waals surface area contributed by atoms with Crippen LogP contribution in [0.2, 0.25) is 5.02 Å². The van der Waals surface area contributed by atoms with Gasteiger partial charge in [-0.15, -0.1) is 0 Å². The number of halogens is 1. The van der Waals surface area contributed by atoms with Crippen LogP contribution in [0.1, 0.15) is 22.8 Å². The minimum atomic E-state index is -0.354. The van der Waals surface area contributed by atoms with Gasteiger partial charge in [-0.05, 0) is 37.3 Å². The van der Waals surface area contributed by atoms with E-state index < -0.39 is 0 Å². The Labute approximate surface area is 127 Å². The Morgan fingerprint density at radius 1 is 1.48 bits per heavy atom. The van der Waals surface area contributed by atoms with E-state index in [1.54, 1.807) is 30.5 Å². The third-order valence-electron chi connectivity index (χ3n) is 2.64. The first-order valence-electron chi connectivity index (χ1n) is 6.24. The summed E-state index contributed by atoms with van der Waals surface area (Å²) in [6, 6.07) is 9.92. The van der Waals surface area contributed by atoms with Crippen molar-refractivity contribution in [2.24, 2.45) is 0 Å². The highest BCUT2D eigenvalue weighted by Crippen LogP contribution is 2.22. The van der Waals surface area contributed by atoms with Gasteiger partial charge < -0.3 is 10.1 Å². The normalized spacial score (nSPS) is 9.76. The monoisotopic (exact) mass is 301 g/mol. The first-order chi connectivity index (χ1) is 10.2. The van der Waals surface area contributed by atoms with Gasteiger partial charge in [0.25, 0.3) is 5.91 Å². The number of ether oxygens (including phenoxy) is 1. The number of pyridine rings is 1. The van der Waals surface area contributed by atoms with Crippen molar-refractivity contribution >= 4 is 23.2 Å². The molecule has 1 heterocycles. The van der Waals surface area contributed by atoms with E-state index in [4.69, 9.17) is 21.6 Å². The third-order valence-corrected chi connectivity index (χ3v) is 2.96. The maximum absolute atomic E-state index is 12.2. The van der Waals surface area contributed by atoms with Crippen LogP contribution in [-0.4, -0.2) is 17.5 Å². The van der Waals surface area contributed by atoms with Gasteiger partial charge in [-0.2, -0.15) is 5.26 Å². The molecule has 0 atom stereocenters. The topological polar surface area (TPSA) is 75.0 Å². The van der Waals surface area contributed by atoms with Crippen LogP contribution in [0.25, 0.3) is 0 Å². The molecule has 0 aliphatic rings. The predicted molar refractivity (Wildman–Crippen MR) is 79.5 cm³/mol. The number of rotatable bonds is 4. The van der Waals surface area contributed by atoms with Crippen LogP contribution in [0, 0.1) is 11.3 Å². The van der Waals surface area contributed by atoms with E-state index in [1.807, 2.05) is 13.0 Å². The molecule has 21 heavy (non-hydrogen) atoms. The Hall–Kier alpha value is -2.58. The smallest absolute Gasteiger partial charge is 0.261 e. The van der Waals surface area contributed by atoms with Crippen LogP contribution in [0.15, 0.2) is 36.5 Å². The van der Waals surface area contributed by atoms with E-state index in [1.165, 1.54) is 6.07 Å². The summed E-state index contributed by atoms with van der Waals surface area (Å²) in [6.45, 7) is 2.23. The molecule has 2 aromatic rings. The van der Waals surface area contributed by atoms with Gasteiger partial charge >= 0.3 is 0 Å². The lowest BCUT2D eigenvalue weighted by Gasteiger charge is -2.09. The molecule has 6 heteroatoms.